The Morgan fingerprint density at radius 1 is 1.33 bits per heavy atom. The van der Waals surface area contributed by atoms with Crippen molar-refractivity contribution in [2.24, 2.45) is 0 Å². The Balaban J connectivity index is 2.38. The van der Waals surface area contributed by atoms with E-state index < -0.39 is 22.3 Å². The Labute approximate surface area is 118 Å². The fraction of sp³-hybridized carbons (Fsp3) is 0.154. The standard InChI is InChI=1S/C13H11F2N3O3/c1-2-16-12-6-9(18(19)20)7-13(17-12)21-11-5-8(14)3-4-10(11)15/h3-7H,2H2,1H3,(H,16,17). The van der Waals surface area contributed by atoms with Crippen LogP contribution in [0.2, 0.25) is 0 Å². The van der Waals surface area contributed by atoms with Crippen LogP contribution in [0.5, 0.6) is 11.6 Å². The van der Waals surface area contributed by atoms with E-state index >= 15 is 0 Å². The molecule has 8 heteroatoms. The summed E-state index contributed by atoms with van der Waals surface area (Å²) in [5, 5.41) is 13.6. The molecule has 0 bridgehead atoms. The highest BCUT2D eigenvalue weighted by Crippen LogP contribution is 2.28. The molecule has 6 nitrogen and oxygen atoms in total. The van der Waals surface area contributed by atoms with Crippen molar-refractivity contribution in [3.63, 3.8) is 0 Å². The minimum absolute atomic E-state index is 0.204. The van der Waals surface area contributed by atoms with Gasteiger partial charge >= 0.3 is 0 Å². The van der Waals surface area contributed by atoms with Crippen LogP contribution in [-0.2, 0) is 0 Å². The molecule has 0 spiro atoms. The van der Waals surface area contributed by atoms with Crippen LogP contribution in [0.1, 0.15) is 6.92 Å². The summed E-state index contributed by atoms with van der Waals surface area (Å²) < 4.78 is 31.7. The predicted molar refractivity (Wildman–Crippen MR) is 71.5 cm³/mol. The first-order valence-corrected chi connectivity index (χ1v) is 6.03. The lowest BCUT2D eigenvalue weighted by molar-refractivity contribution is -0.384. The van der Waals surface area contributed by atoms with Gasteiger partial charge in [-0.05, 0) is 19.1 Å². The molecule has 0 fully saturated rings. The fourth-order valence-electron chi connectivity index (χ4n) is 1.59. The van der Waals surface area contributed by atoms with Crippen LogP contribution in [0.15, 0.2) is 30.3 Å². The van der Waals surface area contributed by atoms with Gasteiger partial charge in [0.05, 0.1) is 17.1 Å². The SMILES string of the molecule is CCNc1cc([N+](=O)[O-])cc(Oc2cc(F)ccc2F)n1. The van der Waals surface area contributed by atoms with E-state index in [0.29, 0.717) is 6.54 Å². The lowest BCUT2D eigenvalue weighted by Crippen LogP contribution is -2.02. The molecule has 0 saturated carbocycles. The van der Waals surface area contributed by atoms with Crippen molar-refractivity contribution in [1.82, 2.24) is 4.98 Å². The Kier molecular flexibility index (Phi) is 4.27. The third-order valence-electron chi connectivity index (χ3n) is 2.46. The molecule has 0 saturated heterocycles. The molecule has 0 aliphatic carbocycles. The third-order valence-corrected chi connectivity index (χ3v) is 2.46. The van der Waals surface area contributed by atoms with Gasteiger partial charge in [0, 0.05) is 12.6 Å². The van der Waals surface area contributed by atoms with Crippen LogP contribution < -0.4 is 10.1 Å². The zero-order valence-corrected chi connectivity index (χ0v) is 11.0. The molecule has 21 heavy (non-hydrogen) atoms. The number of nitro groups is 1. The summed E-state index contributed by atoms with van der Waals surface area (Å²) in [7, 11) is 0. The van der Waals surface area contributed by atoms with Gasteiger partial charge in [0.2, 0.25) is 5.88 Å². The molecular weight excluding hydrogens is 284 g/mol. The molecule has 1 heterocycles. The molecule has 0 atom stereocenters. The van der Waals surface area contributed by atoms with Crippen molar-refractivity contribution < 1.29 is 18.4 Å². The van der Waals surface area contributed by atoms with E-state index in [-0.39, 0.29) is 17.4 Å². The van der Waals surface area contributed by atoms with Crippen LogP contribution in [0.3, 0.4) is 0 Å². The van der Waals surface area contributed by atoms with Gasteiger partial charge < -0.3 is 10.1 Å². The summed E-state index contributed by atoms with van der Waals surface area (Å²) in [5.41, 5.74) is -0.271. The molecule has 1 aromatic carbocycles. The number of halogens is 2. The highest BCUT2D eigenvalue weighted by atomic mass is 19.1. The number of aromatic nitrogens is 1. The zero-order valence-electron chi connectivity index (χ0n) is 11.0. The molecule has 1 N–H and O–H groups in total. The average Bonchev–Trinajstić information content (AvgIpc) is 2.43. The second-order valence-corrected chi connectivity index (χ2v) is 4.01. The number of nitrogens with one attached hydrogen (secondary N) is 1. The number of ether oxygens (including phenoxy) is 1. The van der Waals surface area contributed by atoms with Gasteiger partial charge in [0.1, 0.15) is 11.6 Å². The number of rotatable bonds is 5. The van der Waals surface area contributed by atoms with Crippen LogP contribution in [0.4, 0.5) is 20.3 Å². The lowest BCUT2D eigenvalue weighted by Gasteiger charge is -2.08. The first kappa shape index (κ1) is 14.6. The van der Waals surface area contributed by atoms with Crippen LogP contribution in [0, 0.1) is 21.7 Å². The predicted octanol–water partition coefficient (Wildman–Crippen LogP) is 3.49. The summed E-state index contributed by atoms with van der Waals surface area (Å²) in [6.07, 6.45) is 0. The molecule has 0 radical (unpaired) electrons. The lowest BCUT2D eigenvalue weighted by atomic mass is 10.3. The van der Waals surface area contributed by atoms with Gasteiger partial charge in [0.15, 0.2) is 11.6 Å². The Morgan fingerprint density at radius 2 is 2.10 bits per heavy atom. The molecule has 0 aliphatic rings. The molecule has 110 valence electrons. The van der Waals surface area contributed by atoms with Crippen molar-refractivity contribution in [3.05, 3.63) is 52.1 Å². The summed E-state index contributed by atoms with van der Waals surface area (Å²) in [6, 6.07) is 4.92. The summed E-state index contributed by atoms with van der Waals surface area (Å²) in [4.78, 5) is 14.2. The number of hydrogen-bond donors (Lipinski definition) is 1. The fourth-order valence-corrected chi connectivity index (χ4v) is 1.59. The number of pyridine rings is 1. The van der Waals surface area contributed by atoms with E-state index in [9.17, 15) is 18.9 Å². The molecule has 1 aromatic heterocycles. The van der Waals surface area contributed by atoms with Crippen LogP contribution in [-0.4, -0.2) is 16.5 Å². The van der Waals surface area contributed by atoms with Crippen molar-refractivity contribution >= 4 is 11.5 Å². The minimum Gasteiger partial charge on any atom is -0.436 e. The molecule has 0 amide bonds. The van der Waals surface area contributed by atoms with E-state index in [1.165, 1.54) is 6.07 Å². The van der Waals surface area contributed by atoms with Crippen molar-refractivity contribution in [3.8, 4) is 11.6 Å². The van der Waals surface area contributed by atoms with Gasteiger partial charge in [-0.15, -0.1) is 0 Å². The first-order chi connectivity index (χ1) is 9.99. The Morgan fingerprint density at radius 3 is 2.76 bits per heavy atom. The van der Waals surface area contributed by atoms with E-state index in [2.05, 4.69) is 10.3 Å². The Bertz CT molecular complexity index is 680. The average molecular weight is 295 g/mol. The summed E-state index contributed by atoms with van der Waals surface area (Å²) in [6.45, 7) is 2.27. The number of nitrogens with zero attached hydrogens (tertiary/aromatic N) is 2. The van der Waals surface area contributed by atoms with Gasteiger partial charge in [-0.1, -0.05) is 0 Å². The smallest absolute Gasteiger partial charge is 0.278 e. The van der Waals surface area contributed by atoms with Crippen LogP contribution >= 0.6 is 0 Å². The van der Waals surface area contributed by atoms with E-state index in [4.69, 9.17) is 4.74 Å². The zero-order chi connectivity index (χ0) is 15.4. The summed E-state index contributed by atoms with van der Waals surface area (Å²) in [5.74, 6) is -1.88. The van der Waals surface area contributed by atoms with Gasteiger partial charge in [-0.25, -0.2) is 8.78 Å². The number of hydrogen-bond acceptors (Lipinski definition) is 5. The second-order valence-electron chi connectivity index (χ2n) is 4.01. The molecule has 0 aliphatic heterocycles. The second kappa shape index (κ2) is 6.12. The third kappa shape index (κ3) is 3.62. The van der Waals surface area contributed by atoms with Gasteiger partial charge in [-0.3, -0.25) is 10.1 Å². The van der Waals surface area contributed by atoms with Crippen molar-refractivity contribution in [2.75, 3.05) is 11.9 Å². The quantitative estimate of drug-likeness (QED) is 0.675. The van der Waals surface area contributed by atoms with Crippen molar-refractivity contribution in [1.29, 1.82) is 0 Å². The van der Waals surface area contributed by atoms with Crippen molar-refractivity contribution in [2.45, 2.75) is 6.92 Å². The van der Waals surface area contributed by atoms with E-state index in [1.54, 1.807) is 6.92 Å². The normalized spacial score (nSPS) is 10.2. The van der Waals surface area contributed by atoms with Gasteiger partial charge in [-0.2, -0.15) is 4.98 Å². The number of benzene rings is 1. The first-order valence-electron chi connectivity index (χ1n) is 6.03. The molecule has 2 aromatic rings. The molecule has 0 unspecified atom stereocenters. The largest absolute Gasteiger partial charge is 0.436 e. The maximum atomic E-state index is 13.5. The van der Waals surface area contributed by atoms with Gasteiger partial charge in [0.25, 0.3) is 5.69 Å². The maximum Gasteiger partial charge on any atom is 0.278 e. The van der Waals surface area contributed by atoms with Crippen LogP contribution in [0.25, 0.3) is 0 Å². The molecule has 2 rings (SSSR count). The molecular formula is C13H11F2N3O3. The minimum atomic E-state index is -0.797. The maximum absolute atomic E-state index is 13.5. The van der Waals surface area contributed by atoms with E-state index in [0.717, 1.165) is 24.3 Å². The monoisotopic (exact) mass is 295 g/mol. The Hall–Kier alpha value is -2.77. The highest BCUT2D eigenvalue weighted by Gasteiger charge is 2.14. The highest BCUT2D eigenvalue weighted by molar-refractivity contribution is 5.49. The van der Waals surface area contributed by atoms with E-state index in [1.807, 2.05) is 0 Å². The topological polar surface area (TPSA) is 77.3 Å². The summed E-state index contributed by atoms with van der Waals surface area (Å²) >= 11 is 0. The number of anilines is 1.